The lowest BCUT2D eigenvalue weighted by Crippen LogP contribution is -2.43. The summed E-state index contributed by atoms with van der Waals surface area (Å²) >= 11 is 0. The van der Waals surface area contributed by atoms with Crippen LogP contribution in [0.25, 0.3) is 0 Å². The number of carbonyl (C=O) groups excluding carboxylic acids is 1. The van der Waals surface area contributed by atoms with Crippen LogP contribution in [0.1, 0.15) is 19.8 Å². The zero-order valence-electron chi connectivity index (χ0n) is 7.45. The van der Waals surface area contributed by atoms with Crippen molar-refractivity contribution in [1.82, 2.24) is 5.32 Å². The second-order valence-corrected chi connectivity index (χ2v) is 3.07. The smallest absolute Gasteiger partial charge is 0.325 e. The molecule has 1 aliphatic heterocycles. The zero-order valence-corrected chi connectivity index (χ0v) is 7.45. The molecule has 1 saturated heterocycles. The molecule has 5 heteroatoms. The first kappa shape index (κ1) is 9.98. The first-order valence-electron chi connectivity index (χ1n) is 4.26. The van der Waals surface area contributed by atoms with Crippen LogP contribution in [0.15, 0.2) is 0 Å². The maximum absolute atomic E-state index is 11.3. The molecule has 1 aliphatic rings. The minimum Gasteiger partial charge on any atom is -0.480 e. The Balaban J connectivity index is 2.35. The summed E-state index contributed by atoms with van der Waals surface area (Å²) in [6.07, 6.45) is 1.08. The second-order valence-electron chi connectivity index (χ2n) is 3.07. The van der Waals surface area contributed by atoms with E-state index in [-0.39, 0.29) is 5.91 Å². The Labute approximate surface area is 76.1 Å². The van der Waals surface area contributed by atoms with Gasteiger partial charge >= 0.3 is 5.97 Å². The molecule has 2 atom stereocenters. The van der Waals surface area contributed by atoms with E-state index in [9.17, 15) is 9.59 Å². The first-order valence-corrected chi connectivity index (χ1v) is 4.26. The van der Waals surface area contributed by atoms with Crippen LogP contribution in [0.5, 0.6) is 0 Å². The van der Waals surface area contributed by atoms with E-state index in [1.165, 1.54) is 6.92 Å². The van der Waals surface area contributed by atoms with Crippen LogP contribution in [-0.4, -0.2) is 35.7 Å². The number of carboxylic acid groups (broad SMARTS) is 1. The highest BCUT2D eigenvalue weighted by atomic mass is 16.5. The zero-order chi connectivity index (χ0) is 9.84. The molecular formula is C8H13NO4. The van der Waals surface area contributed by atoms with Crippen LogP contribution in [0.3, 0.4) is 0 Å². The molecular weight excluding hydrogens is 174 g/mol. The van der Waals surface area contributed by atoms with Crippen molar-refractivity contribution in [3.05, 3.63) is 0 Å². The molecule has 1 amide bonds. The molecule has 0 aromatic heterocycles. The van der Waals surface area contributed by atoms with Crippen molar-refractivity contribution >= 4 is 11.9 Å². The fraction of sp³-hybridized carbons (Fsp3) is 0.750. The highest BCUT2D eigenvalue weighted by Crippen LogP contribution is 2.11. The van der Waals surface area contributed by atoms with Crippen molar-refractivity contribution in [3.63, 3.8) is 0 Å². The molecule has 0 spiro atoms. The number of carbonyl (C=O) groups is 2. The Morgan fingerprint density at radius 3 is 2.77 bits per heavy atom. The van der Waals surface area contributed by atoms with Crippen LogP contribution in [-0.2, 0) is 14.3 Å². The maximum Gasteiger partial charge on any atom is 0.325 e. The van der Waals surface area contributed by atoms with Gasteiger partial charge in [-0.2, -0.15) is 0 Å². The lowest BCUT2D eigenvalue weighted by atomic mass is 10.2. The average molecular weight is 187 g/mol. The van der Waals surface area contributed by atoms with Crippen molar-refractivity contribution in [2.24, 2.45) is 0 Å². The van der Waals surface area contributed by atoms with Crippen molar-refractivity contribution < 1.29 is 19.4 Å². The third kappa shape index (κ3) is 2.69. The normalized spacial score (nSPS) is 23.9. The van der Waals surface area contributed by atoms with Gasteiger partial charge in [0.05, 0.1) is 0 Å². The number of rotatable bonds is 3. The van der Waals surface area contributed by atoms with Gasteiger partial charge in [-0.25, -0.2) is 0 Å². The number of hydrogen-bond acceptors (Lipinski definition) is 3. The van der Waals surface area contributed by atoms with Gasteiger partial charge in [0.25, 0.3) is 0 Å². The SMILES string of the molecule is C[C@@H](NC(=O)C1CCCO1)C(=O)O. The van der Waals surface area contributed by atoms with Crippen molar-refractivity contribution in [2.75, 3.05) is 6.61 Å². The molecule has 13 heavy (non-hydrogen) atoms. The first-order chi connectivity index (χ1) is 6.11. The van der Waals surface area contributed by atoms with Gasteiger partial charge in [-0.1, -0.05) is 0 Å². The van der Waals surface area contributed by atoms with Crippen LogP contribution in [0, 0.1) is 0 Å². The van der Waals surface area contributed by atoms with Crippen LogP contribution >= 0.6 is 0 Å². The van der Waals surface area contributed by atoms with Crippen molar-refractivity contribution in [2.45, 2.75) is 31.9 Å². The molecule has 1 heterocycles. The molecule has 0 aromatic carbocycles. The van der Waals surface area contributed by atoms with E-state index >= 15 is 0 Å². The number of hydrogen-bond donors (Lipinski definition) is 2. The maximum atomic E-state index is 11.3. The Bertz CT molecular complexity index is 210. The van der Waals surface area contributed by atoms with E-state index in [4.69, 9.17) is 9.84 Å². The second kappa shape index (κ2) is 4.23. The molecule has 74 valence electrons. The van der Waals surface area contributed by atoms with Gasteiger partial charge in [-0.3, -0.25) is 9.59 Å². The van der Waals surface area contributed by atoms with E-state index in [0.29, 0.717) is 13.0 Å². The number of amides is 1. The molecule has 1 unspecified atom stereocenters. The molecule has 2 N–H and O–H groups in total. The predicted molar refractivity (Wildman–Crippen MR) is 44.2 cm³/mol. The summed E-state index contributed by atoms with van der Waals surface area (Å²) in [7, 11) is 0. The Kier molecular flexibility index (Phi) is 3.25. The molecule has 0 bridgehead atoms. The fourth-order valence-electron chi connectivity index (χ4n) is 1.15. The summed E-state index contributed by atoms with van der Waals surface area (Å²) in [4.78, 5) is 21.7. The van der Waals surface area contributed by atoms with E-state index in [1.54, 1.807) is 0 Å². The summed E-state index contributed by atoms with van der Waals surface area (Å²) < 4.78 is 5.09. The molecule has 1 fully saturated rings. The largest absolute Gasteiger partial charge is 0.480 e. The minimum absolute atomic E-state index is 0.326. The van der Waals surface area contributed by atoms with Crippen molar-refractivity contribution in [3.8, 4) is 0 Å². The van der Waals surface area contributed by atoms with Crippen LogP contribution < -0.4 is 5.32 Å². The van der Waals surface area contributed by atoms with Crippen LogP contribution in [0.4, 0.5) is 0 Å². The minimum atomic E-state index is -1.04. The quantitative estimate of drug-likeness (QED) is 0.639. The van der Waals surface area contributed by atoms with Gasteiger partial charge < -0.3 is 15.2 Å². The number of nitrogens with one attached hydrogen (secondary N) is 1. The lowest BCUT2D eigenvalue weighted by Gasteiger charge is -2.12. The molecule has 5 nitrogen and oxygen atoms in total. The molecule has 0 radical (unpaired) electrons. The Morgan fingerprint density at radius 2 is 2.31 bits per heavy atom. The van der Waals surface area contributed by atoms with E-state index < -0.39 is 18.1 Å². The molecule has 0 aromatic rings. The summed E-state index contributed by atoms with van der Waals surface area (Å²) in [5.41, 5.74) is 0. The van der Waals surface area contributed by atoms with Gasteiger partial charge in [0.2, 0.25) is 5.91 Å². The number of carboxylic acids is 1. The fourth-order valence-corrected chi connectivity index (χ4v) is 1.15. The average Bonchev–Trinajstić information content (AvgIpc) is 2.55. The topological polar surface area (TPSA) is 75.6 Å². The van der Waals surface area contributed by atoms with E-state index in [2.05, 4.69) is 5.32 Å². The summed E-state index contributed by atoms with van der Waals surface area (Å²) in [6.45, 7) is 2.01. The Morgan fingerprint density at radius 1 is 1.62 bits per heavy atom. The molecule has 0 saturated carbocycles. The van der Waals surface area contributed by atoms with Gasteiger partial charge in [0.15, 0.2) is 0 Å². The molecule has 1 rings (SSSR count). The highest BCUT2D eigenvalue weighted by molar-refractivity contribution is 5.86. The lowest BCUT2D eigenvalue weighted by molar-refractivity contribution is -0.143. The predicted octanol–water partition coefficient (Wildman–Crippen LogP) is -0.245. The summed E-state index contributed by atoms with van der Waals surface area (Å²) in [6, 6.07) is -0.850. The standard InChI is InChI=1S/C8H13NO4/c1-5(8(11)12)9-7(10)6-3-2-4-13-6/h5-6H,2-4H2,1H3,(H,9,10)(H,11,12)/t5-,6?/m1/s1. The van der Waals surface area contributed by atoms with Crippen LogP contribution in [0.2, 0.25) is 0 Å². The third-order valence-corrected chi connectivity index (χ3v) is 1.95. The van der Waals surface area contributed by atoms with Crippen molar-refractivity contribution in [1.29, 1.82) is 0 Å². The van der Waals surface area contributed by atoms with Gasteiger partial charge in [-0.05, 0) is 19.8 Å². The highest BCUT2D eigenvalue weighted by Gasteiger charge is 2.25. The van der Waals surface area contributed by atoms with Gasteiger partial charge in [0.1, 0.15) is 12.1 Å². The Hall–Kier alpha value is -1.10. The summed E-state index contributed by atoms with van der Waals surface area (Å²) in [5, 5.41) is 10.9. The van der Waals surface area contributed by atoms with E-state index in [1.807, 2.05) is 0 Å². The van der Waals surface area contributed by atoms with Gasteiger partial charge in [0, 0.05) is 6.61 Å². The third-order valence-electron chi connectivity index (χ3n) is 1.95. The summed E-state index contributed by atoms with van der Waals surface area (Å²) in [5.74, 6) is -1.36. The van der Waals surface area contributed by atoms with Gasteiger partial charge in [-0.15, -0.1) is 0 Å². The molecule has 0 aliphatic carbocycles. The number of ether oxygens (including phenoxy) is 1. The van der Waals surface area contributed by atoms with E-state index in [0.717, 1.165) is 6.42 Å². The monoisotopic (exact) mass is 187 g/mol. The number of aliphatic carboxylic acids is 1.